The lowest BCUT2D eigenvalue weighted by Crippen LogP contribution is -2.60. The number of fused-ring (bicyclic) bond motifs is 5. The molecule has 0 bridgehead atoms. The molecule has 4 fully saturated rings. The molecular weight excluding hydrogens is 274 g/mol. The van der Waals surface area contributed by atoms with Crippen LogP contribution < -0.4 is 5.73 Å². The molecule has 8 unspecified atom stereocenters. The van der Waals surface area contributed by atoms with E-state index in [1.807, 2.05) is 0 Å². The molecule has 0 aromatic carbocycles. The van der Waals surface area contributed by atoms with Crippen molar-refractivity contribution in [1.82, 2.24) is 0 Å². The summed E-state index contributed by atoms with van der Waals surface area (Å²) >= 11 is 0. The predicted molar refractivity (Wildman–Crippen MR) is 87.1 cm³/mol. The van der Waals surface area contributed by atoms with Crippen molar-refractivity contribution in [3.05, 3.63) is 0 Å². The van der Waals surface area contributed by atoms with Gasteiger partial charge in [-0.05, 0) is 85.9 Å². The Morgan fingerprint density at radius 2 is 1.73 bits per heavy atom. The number of aliphatic hydroxyl groups is 2. The van der Waals surface area contributed by atoms with Crippen LogP contribution in [0.25, 0.3) is 0 Å². The fourth-order valence-electron chi connectivity index (χ4n) is 7.40. The van der Waals surface area contributed by atoms with Gasteiger partial charge in [-0.15, -0.1) is 0 Å². The topological polar surface area (TPSA) is 66.5 Å². The van der Waals surface area contributed by atoms with Gasteiger partial charge >= 0.3 is 0 Å². The van der Waals surface area contributed by atoms with Gasteiger partial charge in [-0.3, -0.25) is 0 Å². The first-order valence-electron chi connectivity index (χ1n) is 9.48. The third-order valence-electron chi connectivity index (χ3n) is 8.64. The van der Waals surface area contributed by atoms with Crippen LogP contribution in [-0.4, -0.2) is 28.5 Å². The van der Waals surface area contributed by atoms with Crippen LogP contribution in [0.3, 0.4) is 0 Å². The molecule has 0 spiro atoms. The lowest BCUT2D eigenvalue weighted by Gasteiger charge is -2.62. The second-order valence-corrected chi connectivity index (χ2v) is 9.47. The largest absolute Gasteiger partial charge is 0.393 e. The summed E-state index contributed by atoms with van der Waals surface area (Å²) in [7, 11) is 0. The van der Waals surface area contributed by atoms with E-state index in [1.54, 1.807) is 0 Å². The Kier molecular flexibility index (Phi) is 3.46. The van der Waals surface area contributed by atoms with E-state index in [-0.39, 0.29) is 29.1 Å². The number of hydrogen-bond acceptors (Lipinski definition) is 3. The Bertz CT molecular complexity index is 455. The number of aliphatic hydroxyl groups excluding tert-OH is 2. The van der Waals surface area contributed by atoms with Crippen molar-refractivity contribution < 1.29 is 10.2 Å². The quantitative estimate of drug-likeness (QED) is 0.644. The molecule has 4 aliphatic rings. The Labute approximate surface area is 134 Å². The zero-order valence-corrected chi connectivity index (χ0v) is 14.2. The average molecular weight is 307 g/mol. The lowest BCUT2D eigenvalue weighted by atomic mass is 9.44. The minimum atomic E-state index is -0.196. The van der Waals surface area contributed by atoms with E-state index in [2.05, 4.69) is 13.8 Å². The van der Waals surface area contributed by atoms with Gasteiger partial charge in [0.25, 0.3) is 0 Å². The molecule has 0 aliphatic heterocycles. The summed E-state index contributed by atoms with van der Waals surface area (Å²) in [5.74, 6) is 2.40. The highest BCUT2D eigenvalue weighted by molar-refractivity contribution is 5.12. The van der Waals surface area contributed by atoms with Crippen LogP contribution in [0.5, 0.6) is 0 Å². The smallest absolute Gasteiger partial charge is 0.0582 e. The van der Waals surface area contributed by atoms with Crippen molar-refractivity contribution in [2.45, 2.75) is 83.5 Å². The summed E-state index contributed by atoms with van der Waals surface area (Å²) < 4.78 is 0. The summed E-state index contributed by atoms with van der Waals surface area (Å²) in [5, 5.41) is 21.2. The van der Waals surface area contributed by atoms with E-state index < -0.39 is 0 Å². The summed E-state index contributed by atoms with van der Waals surface area (Å²) in [6.07, 6.45) is 8.42. The summed E-state index contributed by atoms with van der Waals surface area (Å²) in [6.45, 7) is 4.76. The molecule has 3 heteroatoms. The van der Waals surface area contributed by atoms with Gasteiger partial charge in [-0.25, -0.2) is 0 Å². The molecule has 0 heterocycles. The van der Waals surface area contributed by atoms with Crippen molar-refractivity contribution in [3.63, 3.8) is 0 Å². The summed E-state index contributed by atoms with van der Waals surface area (Å²) in [5.41, 5.74) is 6.83. The molecule has 3 nitrogen and oxygen atoms in total. The molecule has 4 rings (SSSR count). The molecule has 4 N–H and O–H groups in total. The Balaban J connectivity index is 1.68. The first-order chi connectivity index (χ1) is 10.4. The molecule has 0 radical (unpaired) electrons. The van der Waals surface area contributed by atoms with E-state index >= 15 is 0 Å². The standard InChI is InChI=1S/C19H33NO2/c1-18-8-7-12(21)9-11(18)3-4-13-14-5-6-16(20)19(14,2)10-15(22)17(13)18/h11-17,21-22H,3-10,20H2,1-2H3/t11?,12?,13?,14?,15?,16?,17?,18-,19?/m0/s1. The van der Waals surface area contributed by atoms with E-state index in [4.69, 9.17) is 5.73 Å². The molecule has 0 aromatic heterocycles. The minimum Gasteiger partial charge on any atom is -0.393 e. The van der Waals surface area contributed by atoms with Crippen LogP contribution in [0.2, 0.25) is 0 Å². The zero-order valence-electron chi connectivity index (χ0n) is 14.2. The van der Waals surface area contributed by atoms with Gasteiger partial charge in [0.1, 0.15) is 0 Å². The van der Waals surface area contributed by atoms with Crippen LogP contribution in [0.15, 0.2) is 0 Å². The van der Waals surface area contributed by atoms with Crippen LogP contribution in [-0.2, 0) is 0 Å². The second kappa shape index (κ2) is 4.94. The summed E-state index contributed by atoms with van der Waals surface area (Å²) in [6, 6.07) is 0.270. The predicted octanol–water partition coefficient (Wildman–Crippen LogP) is 2.69. The highest BCUT2D eigenvalue weighted by atomic mass is 16.3. The van der Waals surface area contributed by atoms with Crippen molar-refractivity contribution >= 4 is 0 Å². The van der Waals surface area contributed by atoms with Gasteiger partial charge in [0.05, 0.1) is 12.2 Å². The molecule has 4 saturated carbocycles. The monoisotopic (exact) mass is 307 g/mol. The maximum absolute atomic E-state index is 11.1. The highest BCUT2D eigenvalue weighted by Crippen LogP contribution is 2.65. The van der Waals surface area contributed by atoms with Gasteiger partial charge in [0, 0.05) is 6.04 Å². The van der Waals surface area contributed by atoms with Gasteiger partial charge in [-0.2, -0.15) is 0 Å². The Morgan fingerprint density at radius 3 is 2.50 bits per heavy atom. The molecule has 4 aliphatic carbocycles. The molecule has 22 heavy (non-hydrogen) atoms. The van der Waals surface area contributed by atoms with Crippen molar-refractivity contribution in [1.29, 1.82) is 0 Å². The fourth-order valence-corrected chi connectivity index (χ4v) is 7.40. The molecule has 0 saturated heterocycles. The lowest BCUT2D eigenvalue weighted by molar-refractivity contribution is -0.173. The van der Waals surface area contributed by atoms with Crippen molar-refractivity contribution in [2.24, 2.45) is 40.2 Å². The van der Waals surface area contributed by atoms with E-state index in [0.717, 1.165) is 32.1 Å². The number of nitrogens with two attached hydrogens (primary N) is 1. The fraction of sp³-hybridized carbons (Fsp3) is 1.00. The van der Waals surface area contributed by atoms with E-state index in [0.29, 0.717) is 23.7 Å². The van der Waals surface area contributed by atoms with Gasteiger partial charge in [0.15, 0.2) is 0 Å². The Morgan fingerprint density at radius 1 is 0.955 bits per heavy atom. The first kappa shape index (κ1) is 15.4. The minimum absolute atomic E-state index is 0.111. The normalized spacial score (nSPS) is 61.2. The third kappa shape index (κ3) is 1.91. The maximum atomic E-state index is 11.1. The number of hydrogen-bond donors (Lipinski definition) is 3. The Hall–Kier alpha value is -0.120. The van der Waals surface area contributed by atoms with Gasteiger partial charge in [0.2, 0.25) is 0 Å². The SMILES string of the molecule is CC12CC(O)C3C(CCC4CC(O)CC[C@@]43C)C1CCC2N. The van der Waals surface area contributed by atoms with E-state index in [9.17, 15) is 10.2 Å². The van der Waals surface area contributed by atoms with Gasteiger partial charge < -0.3 is 15.9 Å². The molecule has 126 valence electrons. The van der Waals surface area contributed by atoms with Gasteiger partial charge in [-0.1, -0.05) is 13.8 Å². The summed E-state index contributed by atoms with van der Waals surface area (Å²) in [4.78, 5) is 0. The van der Waals surface area contributed by atoms with Crippen LogP contribution in [0.4, 0.5) is 0 Å². The van der Waals surface area contributed by atoms with Crippen LogP contribution in [0, 0.1) is 34.5 Å². The zero-order chi connectivity index (χ0) is 15.7. The third-order valence-corrected chi connectivity index (χ3v) is 8.64. The second-order valence-electron chi connectivity index (χ2n) is 9.47. The van der Waals surface area contributed by atoms with Crippen LogP contribution >= 0.6 is 0 Å². The number of rotatable bonds is 0. The van der Waals surface area contributed by atoms with Crippen molar-refractivity contribution in [2.75, 3.05) is 0 Å². The molecular formula is C19H33NO2. The van der Waals surface area contributed by atoms with Crippen molar-refractivity contribution in [3.8, 4) is 0 Å². The molecule has 0 amide bonds. The molecule has 0 aromatic rings. The molecule has 9 atom stereocenters. The van der Waals surface area contributed by atoms with Crippen LogP contribution in [0.1, 0.15) is 65.2 Å². The maximum Gasteiger partial charge on any atom is 0.0582 e. The first-order valence-corrected chi connectivity index (χ1v) is 9.48. The highest BCUT2D eigenvalue weighted by Gasteiger charge is 2.62. The van der Waals surface area contributed by atoms with E-state index in [1.165, 1.54) is 19.3 Å². The average Bonchev–Trinajstić information content (AvgIpc) is 2.75.